The van der Waals surface area contributed by atoms with Crippen LogP contribution in [0, 0.1) is 0 Å². The monoisotopic (exact) mass is 279 g/mol. The van der Waals surface area contributed by atoms with Gasteiger partial charge in [-0.1, -0.05) is 29.3 Å². The largest absolute Gasteiger partial charge is 0.366 e. The van der Waals surface area contributed by atoms with Crippen molar-refractivity contribution in [2.75, 3.05) is 11.9 Å². The Labute approximate surface area is 115 Å². The maximum Gasteiger partial charge on any atom is 0.130 e. The van der Waals surface area contributed by atoms with Crippen LogP contribution in [0.25, 0.3) is 11.3 Å². The second-order valence-corrected chi connectivity index (χ2v) is 4.49. The summed E-state index contributed by atoms with van der Waals surface area (Å²) in [5.41, 5.74) is 1.62. The van der Waals surface area contributed by atoms with Gasteiger partial charge in [-0.25, -0.2) is 9.97 Å². The topological polar surface area (TPSA) is 37.8 Å². The molecule has 0 amide bonds. The minimum atomic E-state index is 0.580. The molecule has 3 nitrogen and oxygen atoms in total. The lowest BCUT2D eigenvalue weighted by Gasteiger charge is -2.06. The van der Waals surface area contributed by atoms with Gasteiger partial charge in [0.1, 0.15) is 12.1 Å². The van der Waals surface area contributed by atoms with Gasteiger partial charge in [-0.05, 0) is 18.2 Å². The van der Waals surface area contributed by atoms with Gasteiger partial charge in [0.05, 0.1) is 5.69 Å². The summed E-state index contributed by atoms with van der Waals surface area (Å²) in [6.45, 7) is 4.28. The predicted octanol–water partition coefficient (Wildman–Crippen LogP) is 4.05. The summed E-state index contributed by atoms with van der Waals surface area (Å²) in [6.07, 6.45) is 3.26. The van der Waals surface area contributed by atoms with Crippen LogP contribution in [-0.4, -0.2) is 16.5 Å². The Kier molecular flexibility index (Phi) is 4.18. The summed E-state index contributed by atoms with van der Waals surface area (Å²) in [6, 6.07) is 7.15. The number of benzene rings is 1. The van der Waals surface area contributed by atoms with Crippen molar-refractivity contribution >= 4 is 29.0 Å². The molecular formula is C13H11Cl2N3. The van der Waals surface area contributed by atoms with Gasteiger partial charge in [0.15, 0.2) is 0 Å². The molecule has 0 spiro atoms. The summed E-state index contributed by atoms with van der Waals surface area (Å²) in [4.78, 5) is 8.32. The van der Waals surface area contributed by atoms with E-state index >= 15 is 0 Å². The molecule has 0 saturated carbocycles. The molecule has 2 rings (SSSR count). The molecular weight excluding hydrogens is 269 g/mol. The van der Waals surface area contributed by atoms with Crippen molar-refractivity contribution < 1.29 is 0 Å². The van der Waals surface area contributed by atoms with Crippen molar-refractivity contribution in [3.63, 3.8) is 0 Å². The van der Waals surface area contributed by atoms with Gasteiger partial charge >= 0.3 is 0 Å². The van der Waals surface area contributed by atoms with E-state index in [-0.39, 0.29) is 0 Å². The second-order valence-electron chi connectivity index (χ2n) is 3.62. The van der Waals surface area contributed by atoms with E-state index in [0.29, 0.717) is 16.6 Å². The Morgan fingerprint density at radius 2 is 1.83 bits per heavy atom. The van der Waals surface area contributed by atoms with Crippen LogP contribution in [0.4, 0.5) is 5.82 Å². The lowest BCUT2D eigenvalue weighted by Crippen LogP contribution is -2.00. The predicted molar refractivity (Wildman–Crippen MR) is 76.2 cm³/mol. The Morgan fingerprint density at radius 3 is 2.50 bits per heavy atom. The van der Waals surface area contributed by atoms with Gasteiger partial charge in [-0.15, -0.1) is 6.58 Å². The number of aromatic nitrogens is 2. The van der Waals surface area contributed by atoms with Crippen LogP contribution >= 0.6 is 23.2 Å². The van der Waals surface area contributed by atoms with E-state index in [1.54, 1.807) is 12.1 Å². The van der Waals surface area contributed by atoms with Crippen molar-refractivity contribution in [1.82, 2.24) is 9.97 Å². The molecule has 2 aromatic rings. The zero-order valence-electron chi connectivity index (χ0n) is 9.53. The van der Waals surface area contributed by atoms with Crippen LogP contribution in [0.3, 0.4) is 0 Å². The van der Waals surface area contributed by atoms with E-state index < -0.39 is 0 Å². The fraction of sp³-hybridized carbons (Fsp3) is 0.0769. The van der Waals surface area contributed by atoms with E-state index in [4.69, 9.17) is 23.2 Å². The van der Waals surface area contributed by atoms with Crippen LogP contribution in [0.1, 0.15) is 0 Å². The number of nitrogens with zero attached hydrogens (tertiary/aromatic N) is 2. The summed E-state index contributed by atoms with van der Waals surface area (Å²) >= 11 is 11.9. The third-order valence-corrected chi connectivity index (χ3v) is 2.69. The highest BCUT2D eigenvalue weighted by Gasteiger charge is 2.04. The minimum Gasteiger partial charge on any atom is -0.366 e. The molecule has 0 aliphatic heterocycles. The third-order valence-electron chi connectivity index (χ3n) is 2.25. The molecule has 0 unspecified atom stereocenters. The first-order chi connectivity index (χ1) is 8.69. The van der Waals surface area contributed by atoms with Gasteiger partial charge in [0.25, 0.3) is 0 Å². The lowest BCUT2D eigenvalue weighted by molar-refractivity contribution is 1.14. The van der Waals surface area contributed by atoms with E-state index in [9.17, 15) is 0 Å². The van der Waals surface area contributed by atoms with Crippen molar-refractivity contribution in [2.45, 2.75) is 0 Å². The van der Waals surface area contributed by atoms with Gasteiger partial charge < -0.3 is 5.32 Å². The normalized spacial score (nSPS) is 10.1. The van der Waals surface area contributed by atoms with E-state index in [2.05, 4.69) is 21.9 Å². The molecule has 18 heavy (non-hydrogen) atoms. The zero-order valence-corrected chi connectivity index (χ0v) is 11.0. The van der Waals surface area contributed by atoms with Crippen molar-refractivity contribution in [3.8, 4) is 11.3 Å². The van der Waals surface area contributed by atoms with E-state index in [1.165, 1.54) is 6.33 Å². The zero-order chi connectivity index (χ0) is 13.0. The van der Waals surface area contributed by atoms with Gasteiger partial charge in [-0.2, -0.15) is 0 Å². The molecule has 1 N–H and O–H groups in total. The highest BCUT2D eigenvalue weighted by molar-refractivity contribution is 6.35. The minimum absolute atomic E-state index is 0.580. The van der Waals surface area contributed by atoms with Gasteiger partial charge in [-0.3, -0.25) is 0 Å². The maximum atomic E-state index is 5.97. The number of rotatable bonds is 4. The van der Waals surface area contributed by atoms with Gasteiger partial charge in [0.2, 0.25) is 0 Å². The molecule has 92 valence electrons. The highest BCUT2D eigenvalue weighted by Crippen LogP contribution is 2.26. The van der Waals surface area contributed by atoms with Crippen LogP contribution in [-0.2, 0) is 0 Å². The lowest BCUT2D eigenvalue weighted by atomic mass is 10.1. The molecule has 0 saturated heterocycles. The first-order valence-corrected chi connectivity index (χ1v) is 6.08. The Hall–Kier alpha value is -1.58. The molecule has 0 bridgehead atoms. The van der Waals surface area contributed by atoms with E-state index in [1.807, 2.05) is 18.2 Å². The fourth-order valence-electron chi connectivity index (χ4n) is 1.49. The molecule has 1 heterocycles. The Balaban J connectivity index is 2.34. The average Bonchev–Trinajstić information content (AvgIpc) is 2.35. The van der Waals surface area contributed by atoms with Crippen molar-refractivity contribution in [2.24, 2.45) is 0 Å². The number of hydrogen-bond acceptors (Lipinski definition) is 3. The molecule has 1 aromatic heterocycles. The third kappa shape index (κ3) is 3.22. The first kappa shape index (κ1) is 12.9. The van der Waals surface area contributed by atoms with E-state index in [0.717, 1.165) is 17.1 Å². The number of nitrogens with one attached hydrogen (secondary N) is 1. The van der Waals surface area contributed by atoms with Crippen LogP contribution in [0.5, 0.6) is 0 Å². The maximum absolute atomic E-state index is 5.97. The summed E-state index contributed by atoms with van der Waals surface area (Å²) < 4.78 is 0. The number of anilines is 1. The van der Waals surface area contributed by atoms with Crippen molar-refractivity contribution in [1.29, 1.82) is 0 Å². The molecule has 5 heteroatoms. The SMILES string of the molecule is C=CCNc1cc(-c2cc(Cl)cc(Cl)c2)ncn1. The Morgan fingerprint density at radius 1 is 1.11 bits per heavy atom. The average molecular weight is 280 g/mol. The Bertz CT molecular complexity index is 550. The van der Waals surface area contributed by atoms with Gasteiger partial charge in [0, 0.05) is 28.2 Å². The number of halogens is 2. The summed E-state index contributed by atoms with van der Waals surface area (Å²) in [5, 5.41) is 4.26. The fourth-order valence-corrected chi connectivity index (χ4v) is 2.02. The second kappa shape index (κ2) is 5.85. The molecule has 0 aliphatic carbocycles. The molecule has 0 radical (unpaired) electrons. The summed E-state index contributed by atoms with van der Waals surface area (Å²) in [7, 11) is 0. The van der Waals surface area contributed by atoms with Crippen molar-refractivity contribution in [3.05, 3.63) is 53.3 Å². The molecule has 0 fully saturated rings. The van der Waals surface area contributed by atoms with Crippen LogP contribution < -0.4 is 5.32 Å². The first-order valence-electron chi connectivity index (χ1n) is 5.32. The smallest absolute Gasteiger partial charge is 0.130 e. The quantitative estimate of drug-likeness (QED) is 0.858. The molecule has 1 aromatic carbocycles. The standard InChI is InChI=1S/C13H11Cl2N3/c1-2-3-16-13-7-12(17-8-18-13)9-4-10(14)6-11(15)5-9/h2,4-8H,1,3H2,(H,16,17,18). The van der Waals surface area contributed by atoms with Crippen LogP contribution in [0.15, 0.2) is 43.2 Å². The van der Waals surface area contributed by atoms with Crippen LogP contribution in [0.2, 0.25) is 10.0 Å². The molecule has 0 atom stereocenters. The molecule has 0 aliphatic rings. The number of hydrogen-bond donors (Lipinski definition) is 1. The highest BCUT2D eigenvalue weighted by atomic mass is 35.5. The summed E-state index contributed by atoms with van der Waals surface area (Å²) in [5.74, 6) is 0.732.